The van der Waals surface area contributed by atoms with Gasteiger partial charge in [0, 0.05) is 35.6 Å². The maximum atomic E-state index is 4.94. The molecule has 0 aliphatic carbocycles. The molecule has 0 radical (unpaired) electrons. The molecule has 4 rings (SSSR count). The van der Waals surface area contributed by atoms with Crippen molar-refractivity contribution in [2.45, 2.75) is 52.6 Å². The molecule has 0 saturated carbocycles. The second kappa shape index (κ2) is 6.98. The van der Waals surface area contributed by atoms with E-state index in [2.05, 4.69) is 49.2 Å². The Hall–Kier alpha value is -2.96. The lowest BCUT2D eigenvalue weighted by Crippen LogP contribution is -2.04. The Morgan fingerprint density at radius 2 is 1.67 bits per heavy atom. The van der Waals surface area contributed by atoms with Crippen molar-refractivity contribution in [2.75, 3.05) is 0 Å². The van der Waals surface area contributed by atoms with Gasteiger partial charge >= 0.3 is 0 Å². The molecule has 7 nitrogen and oxygen atoms in total. The van der Waals surface area contributed by atoms with Gasteiger partial charge in [-0.2, -0.15) is 15.3 Å². The van der Waals surface area contributed by atoms with E-state index < -0.39 is 0 Å². The molecule has 0 fully saturated rings. The molecule has 0 N–H and O–H groups in total. The second-order valence-corrected chi connectivity index (χ2v) is 7.29. The zero-order chi connectivity index (χ0) is 19.0. The summed E-state index contributed by atoms with van der Waals surface area (Å²) in [5.41, 5.74) is 4.69. The summed E-state index contributed by atoms with van der Waals surface area (Å²) in [6, 6.07) is 2.67. The van der Waals surface area contributed by atoms with Gasteiger partial charge in [0.15, 0.2) is 0 Å². The van der Waals surface area contributed by atoms with E-state index in [4.69, 9.17) is 4.98 Å². The molecule has 0 spiro atoms. The molecule has 1 atom stereocenters. The van der Waals surface area contributed by atoms with Crippen LogP contribution in [0.4, 0.5) is 0 Å². The van der Waals surface area contributed by atoms with Crippen molar-refractivity contribution < 1.29 is 0 Å². The first-order valence-corrected chi connectivity index (χ1v) is 9.50. The van der Waals surface area contributed by atoms with Gasteiger partial charge in [-0.25, -0.2) is 9.50 Å². The van der Waals surface area contributed by atoms with E-state index in [0.717, 1.165) is 40.9 Å². The molecule has 140 valence electrons. The predicted octanol–water partition coefficient (Wildman–Crippen LogP) is 4.40. The Labute approximate surface area is 158 Å². The zero-order valence-corrected chi connectivity index (χ0v) is 16.2. The standard InChI is InChI=1S/C20H25N7/c1-5-6-15(4)26-12-17(10-23-26)20-19-7-8-21-27(19)13-18(24-20)16-9-22-25(11-16)14(2)3/h7-15H,5-6H2,1-4H3. The van der Waals surface area contributed by atoms with Crippen LogP contribution in [0.2, 0.25) is 0 Å². The van der Waals surface area contributed by atoms with Crippen molar-refractivity contribution in [1.29, 1.82) is 0 Å². The van der Waals surface area contributed by atoms with Crippen molar-refractivity contribution in [2.24, 2.45) is 0 Å². The van der Waals surface area contributed by atoms with Crippen molar-refractivity contribution >= 4 is 5.52 Å². The van der Waals surface area contributed by atoms with E-state index in [1.54, 1.807) is 6.20 Å². The number of nitrogens with zero attached hydrogens (tertiary/aromatic N) is 7. The van der Waals surface area contributed by atoms with Crippen molar-refractivity contribution in [1.82, 2.24) is 34.2 Å². The van der Waals surface area contributed by atoms with Gasteiger partial charge in [-0.15, -0.1) is 0 Å². The number of rotatable bonds is 6. The molecule has 27 heavy (non-hydrogen) atoms. The third-order valence-corrected chi connectivity index (χ3v) is 4.85. The van der Waals surface area contributed by atoms with Crippen molar-refractivity contribution in [3.05, 3.63) is 43.2 Å². The molecule has 0 aromatic carbocycles. The third kappa shape index (κ3) is 3.25. The Kier molecular flexibility index (Phi) is 4.51. The van der Waals surface area contributed by atoms with E-state index in [1.807, 2.05) is 44.7 Å². The highest BCUT2D eigenvalue weighted by Gasteiger charge is 2.15. The van der Waals surface area contributed by atoms with Gasteiger partial charge in [0.1, 0.15) is 0 Å². The molecular formula is C20H25N7. The molecule has 1 unspecified atom stereocenters. The number of hydrogen-bond donors (Lipinski definition) is 0. The Balaban J connectivity index is 1.79. The van der Waals surface area contributed by atoms with Crippen LogP contribution in [0.5, 0.6) is 0 Å². The van der Waals surface area contributed by atoms with E-state index in [1.165, 1.54) is 0 Å². The molecule has 0 aliphatic rings. The van der Waals surface area contributed by atoms with E-state index in [0.29, 0.717) is 12.1 Å². The quantitative estimate of drug-likeness (QED) is 0.509. The highest BCUT2D eigenvalue weighted by atomic mass is 15.3. The van der Waals surface area contributed by atoms with E-state index >= 15 is 0 Å². The molecule has 4 heterocycles. The summed E-state index contributed by atoms with van der Waals surface area (Å²) in [7, 11) is 0. The average Bonchev–Trinajstić information content (AvgIpc) is 3.39. The maximum absolute atomic E-state index is 4.94. The molecule has 0 saturated heterocycles. The Morgan fingerprint density at radius 1 is 0.926 bits per heavy atom. The monoisotopic (exact) mass is 363 g/mol. The lowest BCUT2D eigenvalue weighted by atomic mass is 10.2. The van der Waals surface area contributed by atoms with Gasteiger partial charge in [0.2, 0.25) is 0 Å². The highest BCUT2D eigenvalue weighted by molar-refractivity contribution is 5.78. The maximum Gasteiger partial charge on any atom is 0.0999 e. The molecule has 0 aliphatic heterocycles. The lowest BCUT2D eigenvalue weighted by Gasteiger charge is -2.10. The SMILES string of the molecule is CCCC(C)n1cc(-c2nc(-c3cnn(C(C)C)c3)cn3nccc23)cn1. The zero-order valence-electron chi connectivity index (χ0n) is 16.2. The van der Waals surface area contributed by atoms with Crippen LogP contribution in [0.3, 0.4) is 0 Å². The normalized spacial score (nSPS) is 12.9. The molecule has 4 aromatic rings. The number of aromatic nitrogens is 7. The van der Waals surface area contributed by atoms with Crippen LogP contribution in [0.1, 0.15) is 52.6 Å². The number of fused-ring (bicyclic) bond motifs is 1. The predicted molar refractivity (Wildman–Crippen MR) is 105 cm³/mol. The van der Waals surface area contributed by atoms with Gasteiger partial charge in [-0.05, 0) is 33.3 Å². The highest BCUT2D eigenvalue weighted by Crippen LogP contribution is 2.27. The summed E-state index contributed by atoms with van der Waals surface area (Å²) in [5.74, 6) is 0. The van der Waals surface area contributed by atoms with Crippen LogP contribution in [-0.4, -0.2) is 34.2 Å². The molecule has 0 bridgehead atoms. The van der Waals surface area contributed by atoms with Crippen LogP contribution in [0.25, 0.3) is 28.0 Å². The fourth-order valence-electron chi connectivity index (χ4n) is 3.28. The van der Waals surface area contributed by atoms with Crippen LogP contribution in [0.15, 0.2) is 43.2 Å². The minimum Gasteiger partial charge on any atom is -0.270 e. The van der Waals surface area contributed by atoms with Crippen molar-refractivity contribution in [3.8, 4) is 22.5 Å². The molecular weight excluding hydrogens is 338 g/mol. The average molecular weight is 363 g/mol. The molecule has 4 aromatic heterocycles. The minimum absolute atomic E-state index is 0.310. The Morgan fingerprint density at radius 3 is 2.41 bits per heavy atom. The fourth-order valence-corrected chi connectivity index (χ4v) is 3.28. The van der Waals surface area contributed by atoms with Gasteiger partial charge in [-0.1, -0.05) is 13.3 Å². The molecule has 0 amide bonds. The van der Waals surface area contributed by atoms with Crippen LogP contribution < -0.4 is 0 Å². The van der Waals surface area contributed by atoms with Crippen molar-refractivity contribution in [3.63, 3.8) is 0 Å². The fraction of sp³-hybridized carbons (Fsp3) is 0.400. The summed E-state index contributed by atoms with van der Waals surface area (Å²) >= 11 is 0. The van der Waals surface area contributed by atoms with Gasteiger partial charge in [0.25, 0.3) is 0 Å². The first kappa shape index (κ1) is 17.5. The number of hydrogen-bond acceptors (Lipinski definition) is 4. The van der Waals surface area contributed by atoms with Gasteiger partial charge in [0.05, 0.1) is 41.7 Å². The van der Waals surface area contributed by atoms with E-state index in [9.17, 15) is 0 Å². The van der Waals surface area contributed by atoms with E-state index in [-0.39, 0.29) is 0 Å². The second-order valence-electron chi connectivity index (χ2n) is 7.29. The smallest absolute Gasteiger partial charge is 0.0999 e. The molecule has 7 heteroatoms. The summed E-state index contributed by atoms with van der Waals surface area (Å²) < 4.78 is 5.84. The first-order chi connectivity index (χ1) is 13.1. The van der Waals surface area contributed by atoms with Crippen LogP contribution in [0, 0.1) is 0 Å². The summed E-state index contributed by atoms with van der Waals surface area (Å²) in [6.45, 7) is 8.61. The van der Waals surface area contributed by atoms with Gasteiger partial charge < -0.3 is 0 Å². The summed E-state index contributed by atoms with van der Waals surface area (Å²) in [4.78, 5) is 4.94. The first-order valence-electron chi connectivity index (χ1n) is 9.50. The minimum atomic E-state index is 0.310. The van der Waals surface area contributed by atoms with Gasteiger partial charge in [-0.3, -0.25) is 9.36 Å². The Bertz CT molecular complexity index is 1050. The topological polar surface area (TPSA) is 65.8 Å². The summed E-state index contributed by atoms with van der Waals surface area (Å²) in [5, 5.41) is 13.4. The van der Waals surface area contributed by atoms with Crippen LogP contribution >= 0.6 is 0 Å². The lowest BCUT2D eigenvalue weighted by molar-refractivity contribution is 0.455. The summed E-state index contributed by atoms with van der Waals surface area (Å²) in [6.07, 6.45) is 13.8. The van der Waals surface area contributed by atoms with Crippen LogP contribution in [-0.2, 0) is 0 Å². The third-order valence-electron chi connectivity index (χ3n) is 4.85. The largest absolute Gasteiger partial charge is 0.270 e.